The third kappa shape index (κ3) is 3.68. The highest BCUT2D eigenvalue weighted by atomic mass is 79.9. The summed E-state index contributed by atoms with van der Waals surface area (Å²) < 4.78 is 5.89. The first-order valence-electron chi connectivity index (χ1n) is 6.17. The number of benzene rings is 1. The van der Waals surface area contributed by atoms with E-state index in [-0.39, 0.29) is 0 Å². The molecular formula is C15H19BrO. The molecule has 0 saturated carbocycles. The summed E-state index contributed by atoms with van der Waals surface area (Å²) in [5.41, 5.74) is 1.56. The van der Waals surface area contributed by atoms with E-state index in [1.165, 1.54) is 18.4 Å². The van der Waals surface area contributed by atoms with Crippen molar-refractivity contribution in [2.45, 2.75) is 25.9 Å². The number of hydrogen-bond donors (Lipinski definition) is 0. The number of hydrogen-bond acceptors (Lipinski definition) is 1. The molecule has 17 heavy (non-hydrogen) atoms. The van der Waals surface area contributed by atoms with Gasteiger partial charge in [0.2, 0.25) is 0 Å². The minimum absolute atomic E-state index is 0.309. The van der Waals surface area contributed by atoms with Gasteiger partial charge in [0, 0.05) is 10.7 Å². The second kappa shape index (κ2) is 6.36. The third-order valence-corrected chi connectivity index (χ3v) is 4.55. The second-order valence-electron chi connectivity index (χ2n) is 4.83. The minimum Gasteiger partial charge on any atom is -0.376 e. The summed E-state index contributed by atoms with van der Waals surface area (Å²) in [5.74, 6) is 0. The molecule has 92 valence electrons. The maximum Gasteiger partial charge on any atom is 0.0717 e. The lowest BCUT2D eigenvalue weighted by Crippen LogP contribution is -2.29. The average Bonchev–Trinajstić information content (AvgIpc) is 2.41. The van der Waals surface area contributed by atoms with E-state index >= 15 is 0 Å². The van der Waals surface area contributed by atoms with Crippen LogP contribution in [0.1, 0.15) is 24.8 Å². The van der Waals surface area contributed by atoms with Crippen LogP contribution >= 0.6 is 15.9 Å². The molecule has 0 heterocycles. The van der Waals surface area contributed by atoms with E-state index in [1.54, 1.807) is 0 Å². The van der Waals surface area contributed by atoms with Crippen LogP contribution in [0.15, 0.2) is 42.5 Å². The molecule has 0 N–H and O–H groups in total. The van der Waals surface area contributed by atoms with Crippen LogP contribution in [-0.2, 0) is 11.3 Å². The highest BCUT2D eigenvalue weighted by Gasteiger charge is 2.29. The normalized spacial score (nSPS) is 23.8. The van der Waals surface area contributed by atoms with E-state index in [1.807, 2.05) is 6.07 Å². The van der Waals surface area contributed by atoms with E-state index < -0.39 is 0 Å². The van der Waals surface area contributed by atoms with Crippen molar-refractivity contribution in [1.82, 2.24) is 0 Å². The molecule has 0 radical (unpaired) electrons. The van der Waals surface area contributed by atoms with Crippen molar-refractivity contribution < 1.29 is 4.74 Å². The molecule has 1 aromatic carbocycles. The van der Waals surface area contributed by atoms with Gasteiger partial charge in [0.1, 0.15) is 0 Å². The van der Waals surface area contributed by atoms with E-state index in [9.17, 15) is 0 Å². The average molecular weight is 295 g/mol. The predicted octanol–water partition coefficient (Wildman–Crippen LogP) is 4.32. The highest BCUT2D eigenvalue weighted by molar-refractivity contribution is 9.09. The van der Waals surface area contributed by atoms with Crippen LogP contribution in [0.25, 0.3) is 0 Å². The Hall–Kier alpha value is -0.600. The molecule has 1 unspecified atom stereocenters. The largest absolute Gasteiger partial charge is 0.376 e. The molecule has 0 fully saturated rings. The van der Waals surface area contributed by atoms with Crippen molar-refractivity contribution in [3.8, 4) is 0 Å². The van der Waals surface area contributed by atoms with E-state index in [4.69, 9.17) is 4.74 Å². The molecule has 1 aromatic rings. The topological polar surface area (TPSA) is 9.23 Å². The number of allylic oxidation sites excluding steroid dienone is 2. The van der Waals surface area contributed by atoms with Gasteiger partial charge < -0.3 is 4.74 Å². The summed E-state index contributed by atoms with van der Waals surface area (Å²) >= 11 is 3.64. The summed E-state index contributed by atoms with van der Waals surface area (Å²) in [6.07, 6.45) is 8.10. The Morgan fingerprint density at radius 3 is 2.65 bits per heavy atom. The molecule has 1 aliphatic carbocycles. The van der Waals surface area contributed by atoms with Crippen LogP contribution in [-0.4, -0.2) is 11.9 Å². The van der Waals surface area contributed by atoms with Gasteiger partial charge in [-0.3, -0.25) is 0 Å². The smallest absolute Gasteiger partial charge is 0.0717 e. The minimum atomic E-state index is 0.309. The molecule has 0 aliphatic heterocycles. The van der Waals surface area contributed by atoms with Gasteiger partial charge in [0.05, 0.1) is 13.2 Å². The first-order valence-corrected chi connectivity index (χ1v) is 7.29. The zero-order valence-corrected chi connectivity index (χ0v) is 11.7. The SMILES string of the molecule is BrCC1(COCc2ccccc2)CC=CCC1. The Labute approximate surface area is 112 Å². The molecule has 0 saturated heterocycles. The van der Waals surface area contributed by atoms with Crippen LogP contribution in [0.2, 0.25) is 0 Å². The Balaban J connectivity index is 1.82. The maximum atomic E-state index is 5.89. The summed E-state index contributed by atoms with van der Waals surface area (Å²) in [4.78, 5) is 0. The van der Waals surface area contributed by atoms with Crippen molar-refractivity contribution in [1.29, 1.82) is 0 Å². The van der Waals surface area contributed by atoms with Crippen molar-refractivity contribution >= 4 is 15.9 Å². The molecule has 0 bridgehead atoms. The van der Waals surface area contributed by atoms with Crippen molar-refractivity contribution in [2.24, 2.45) is 5.41 Å². The number of ether oxygens (including phenoxy) is 1. The lowest BCUT2D eigenvalue weighted by atomic mass is 9.80. The molecule has 1 aliphatic rings. The first kappa shape index (κ1) is 12.8. The van der Waals surface area contributed by atoms with Gasteiger partial charge in [-0.05, 0) is 24.8 Å². The molecule has 2 rings (SSSR count). The zero-order valence-electron chi connectivity index (χ0n) is 10.1. The van der Waals surface area contributed by atoms with Gasteiger partial charge in [0.25, 0.3) is 0 Å². The van der Waals surface area contributed by atoms with Crippen molar-refractivity contribution in [3.05, 3.63) is 48.0 Å². The van der Waals surface area contributed by atoms with Crippen LogP contribution in [0.4, 0.5) is 0 Å². The van der Waals surface area contributed by atoms with Crippen LogP contribution in [0.5, 0.6) is 0 Å². The monoisotopic (exact) mass is 294 g/mol. The van der Waals surface area contributed by atoms with Gasteiger partial charge >= 0.3 is 0 Å². The molecular weight excluding hydrogens is 276 g/mol. The fourth-order valence-corrected chi connectivity index (χ4v) is 2.86. The third-order valence-electron chi connectivity index (χ3n) is 3.36. The van der Waals surface area contributed by atoms with Crippen LogP contribution in [0.3, 0.4) is 0 Å². The summed E-state index contributed by atoms with van der Waals surface area (Å²) in [5, 5.41) is 1.03. The quantitative estimate of drug-likeness (QED) is 0.580. The molecule has 1 atom stereocenters. The van der Waals surface area contributed by atoms with Gasteiger partial charge in [-0.15, -0.1) is 0 Å². The number of halogens is 1. The van der Waals surface area contributed by atoms with Crippen molar-refractivity contribution in [2.75, 3.05) is 11.9 Å². The molecule has 1 nitrogen and oxygen atoms in total. The Kier molecular flexibility index (Phi) is 4.81. The van der Waals surface area contributed by atoms with Gasteiger partial charge in [-0.1, -0.05) is 58.4 Å². The summed E-state index contributed by atoms with van der Waals surface area (Å²) in [6.45, 7) is 1.57. The zero-order chi connectivity index (χ0) is 12.0. The maximum absolute atomic E-state index is 5.89. The molecule has 0 aromatic heterocycles. The summed E-state index contributed by atoms with van der Waals surface area (Å²) in [6, 6.07) is 10.4. The molecule has 0 spiro atoms. The predicted molar refractivity (Wildman–Crippen MR) is 75.3 cm³/mol. The van der Waals surface area contributed by atoms with Gasteiger partial charge in [-0.25, -0.2) is 0 Å². The van der Waals surface area contributed by atoms with Crippen molar-refractivity contribution in [3.63, 3.8) is 0 Å². The van der Waals surface area contributed by atoms with Crippen LogP contribution in [0, 0.1) is 5.41 Å². The Morgan fingerprint density at radius 1 is 1.18 bits per heavy atom. The number of alkyl halides is 1. The lowest BCUT2D eigenvalue weighted by Gasteiger charge is -2.32. The fourth-order valence-electron chi connectivity index (χ4n) is 2.19. The fraction of sp³-hybridized carbons (Fsp3) is 0.467. The Bertz CT molecular complexity index is 360. The molecule has 2 heteroatoms. The van der Waals surface area contributed by atoms with Crippen LogP contribution < -0.4 is 0 Å². The standard InChI is InChI=1S/C15H19BrO/c16-12-15(9-5-2-6-10-15)13-17-11-14-7-3-1-4-8-14/h1-5,7-8H,6,9-13H2. The van der Waals surface area contributed by atoms with Gasteiger partial charge in [-0.2, -0.15) is 0 Å². The van der Waals surface area contributed by atoms with E-state index in [0.29, 0.717) is 5.41 Å². The van der Waals surface area contributed by atoms with E-state index in [2.05, 4.69) is 52.3 Å². The Morgan fingerprint density at radius 2 is 2.00 bits per heavy atom. The van der Waals surface area contributed by atoms with E-state index in [0.717, 1.165) is 25.0 Å². The van der Waals surface area contributed by atoms with Gasteiger partial charge in [0.15, 0.2) is 0 Å². The first-order chi connectivity index (χ1) is 8.35. The molecule has 0 amide bonds. The second-order valence-corrected chi connectivity index (χ2v) is 5.39. The highest BCUT2D eigenvalue weighted by Crippen LogP contribution is 2.35. The summed E-state index contributed by atoms with van der Waals surface area (Å²) in [7, 11) is 0. The lowest BCUT2D eigenvalue weighted by molar-refractivity contribution is 0.0407. The number of rotatable bonds is 5.